The molecule has 0 saturated carbocycles. The van der Waals surface area contributed by atoms with Gasteiger partial charge in [-0.3, -0.25) is 4.79 Å². The second kappa shape index (κ2) is 7.22. The molecule has 0 aliphatic rings. The lowest BCUT2D eigenvalue weighted by Crippen LogP contribution is -2.50. The lowest BCUT2D eigenvalue weighted by Gasteiger charge is -2.33. The Bertz CT molecular complexity index is 492. The lowest BCUT2D eigenvalue weighted by atomic mass is 9.88. The first kappa shape index (κ1) is 16.4. The van der Waals surface area contributed by atoms with Gasteiger partial charge in [-0.2, -0.15) is 0 Å². The zero-order chi connectivity index (χ0) is 15.2. The minimum Gasteiger partial charge on any atom is -0.387 e. The number of carbonyl (C=O) groups is 1. The number of nitrogens with zero attached hydrogens (tertiary/aromatic N) is 1. The third kappa shape index (κ3) is 4.18. The molecule has 0 saturated heterocycles. The van der Waals surface area contributed by atoms with Crippen molar-refractivity contribution in [3.63, 3.8) is 0 Å². The summed E-state index contributed by atoms with van der Waals surface area (Å²) in [5, 5.41) is 13.5. The third-order valence-corrected chi connectivity index (χ3v) is 3.34. The molecular formula is C15H19ClN2O2. The van der Waals surface area contributed by atoms with E-state index in [1.165, 1.54) is 12.3 Å². The molecule has 4 nitrogen and oxygen atoms in total. The summed E-state index contributed by atoms with van der Waals surface area (Å²) in [5.41, 5.74) is -0.702. The molecule has 0 aromatic carbocycles. The number of aliphatic hydroxyl groups is 1. The number of nitrogens with one attached hydrogen (secondary N) is 1. The van der Waals surface area contributed by atoms with Gasteiger partial charge >= 0.3 is 0 Å². The van der Waals surface area contributed by atoms with Crippen LogP contribution in [-0.4, -0.2) is 27.6 Å². The van der Waals surface area contributed by atoms with Crippen molar-refractivity contribution in [1.82, 2.24) is 10.3 Å². The number of hydrogen-bond donors (Lipinski definition) is 2. The number of aromatic nitrogens is 1. The van der Waals surface area contributed by atoms with Gasteiger partial charge in [0.15, 0.2) is 0 Å². The first-order valence-electron chi connectivity index (χ1n) is 6.29. The summed E-state index contributed by atoms with van der Waals surface area (Å²) < 4.78 is 0. The van der Waals surface area contributed by atoms with Crippen molar-refractivity contribution in [2.45, 2.75) is 31.4 Å². The minimum absolute atomic E-state index is 0.248. The third-order valence-electron chi connectivity index (χ3n) is 3.14. The summed E-state index contributed by atoms with van der Waals surface area (Å²) in [6.07, 6.45) is 5.42. The highest BCUT2D eigenvalue weighted by Crippen LogP contribution is 2.21. The largest absolute Gasteiger partial charge is 0.387 e. The van der Waals surface area contributed by atoms with Crippen LogP contribution in [-0.2, 0) is 0 Å². The Morgan fingerprint density at radius 2 is 2.15 bits per heavy atom. The second-order valence-corrected chi connectivity index (χ2v) is 5.04. The topological polar surface area (TPSA) is 62.2 Å². The van der Waals surface area contributed by atoms with Gasteiger partial charge in [-0.05, 0) is 31.9 Å². The molecule has 20 heavy (non-hydrogen) atoms. The second-order valence-electron chi connectivity index (χ2n) is 4.65. The molecule has 0 spiro atoms. The van der Waals surface area contributed by atoms with Gasteiger partial charge in [-0.1, -0.05) is 23.8 Å². The molecule has 0 bridgehead atoms. The van der Waals surface area contributed by atoms with E-state index in [9.17, 15) is 9.90 Å². The fourth-order valence-corrected chi connectivity index (χ4v) is 2.07. The molecule has 1 aromatic rings. The molecule has 1 amide bonds. The van der Waals surface area contributed by atoms with Crippen molar-refractivity contribution >= 4 is 17.5 Å². The van der Waals surface area contributed by atoms with E-state index in [1.807, 2.05) is 0 Å². The Morgan fingerprint density at radius 1 is 1.55 bits per heavy atom. The van der Waals surface area contributed by atoms with Crippen molar-refractivity contribution in [3.05, 3.63) is 54.4 Å². The number of carbonyl (C=O) groups excluding carboxylic acids is 1. The molecule has 0 aliphatic heterocycles. The van der Waals surface area contributed by atoms with Crippen molar-refractivity contribution in [2.75, 3.05) is 0 Å². The van der Waals surface area contributed by atoms with Gasteiger partial charge in [-0.25, -0.2) is 4.98 Å². The standard InChI is InChI=1S/C15H19ClN2O2/c1-4-7-15(20,8-5-2)11(3)18-14(19)12-6-9-17-13(16)10-12/h4-6,9-11,20H,1-2,7-8H2,3H3,(H,18,19). The van der Waals surface area contributed by atoms with Crippen molar-refractivity contribution in [1.29, 1.82) is 0 Å². The average Bonchev–Trinajstić information content (AvgIpc) is 2.39. The van der Waals surface area contributed by atoms with Crippen LogP contribution in [0, 0.1) is 0 Å². The van der Waals surface area contributed by atoms with Crippen molar-refractivity contribution < 1.29 is 9.90 Å². The predicted molar refractivity (Wildman–Crippen MR) is 80.8 cm³/mol. The van der Waals surface area contributed by atoms with Crippen LogP contribution in [0.2, 0.25) is 5.15 Å². The Balaban J connectivity index is 2.82. The summed E-state index contributed by atoms with van der Waals surface area (Å²) in [7, 11) is 0. The summed E-state index contributed by atoms with van der Waals surface area (Å²) in [5.74, 6) is -0.312. The summed E-state index contributed by atoms with van der Waals surface area (Å²) in [6, 6.07) is 2.58. The molecule has 0 radical (unpaired) electrons. The maximum absolute atomic E-state index is 12.1. The van der Waals surface area contributed by atoms with Crippen molar-refractivity contribution in [2.24, 2.45) is 0 Å². The molecule has 0 fully saturated rings. The van der Waals surface area contributed by atoms with Gasteiger partial charge < -0.3 is 10.4 Å². The van der Waals surface area contributed by atoms with E-state index in [4.69, 9.17) is 11.6 Å². The number of amides is 1. The number of hydrogen-bond acceptors (Lipinski definition) is 3. The van der Waals surface area contributed by atoms with Gasteiger partial charge in [-0.15, -0.1) is 13.2 Å². The molecular weight excluding hydrogens is 276 g/mol. The number of rotatable bonds is 7. The summed E-state index contributed by atoms with van der Waals surface area (Å²) in [4.78, 5) is 15.9. The molecule has 1 unspecified atom stereocenters. The Morgan fingerprint density at radius 3 is 2.65 bits per heavy atom. The highest BCUT2D eigenvalue weighted by Gasteiger charge is 2.32. The van der Waals surface area contributed by atoms with Gasteiger partial charge in [0.2, 0.25) is 0 Å². The first-order valence-corrected chi connectivity index (χ1v) is 6.67. The quantitative estimate of drug-likeness (QED) is 0.600. The van der Waals surface area contributed by atoms with Crippen LogP contribution in [0.5, 0.6) is 0 Å². The smallest absolute Gasteiger partial charge is 0.251 e. The monoisotopic (exact) mass is 294 g/mol. The van der Waals surface area contributed by atoms with Gasteiger partial charge in [0, 0.05) is 11.8 Å². The number of halogens is 1. The molecule has 108 valence electrons. The van der Waals surface area contributed by atoms with Crippen LogP contribution in [0.15, 0.2) is 43.6 Å². The summed E-state index contributed by atoms with van der Waals surface area (Å²) >= 11 is 5.75. The fourth-order valence-electron chi connectivity index (χ4n) is 1.89. The van der Waals surface area contributed by atoms with Crippen LogP contribution in [0.4, 0.5) is 0 Å². The fraction of sp³-hybridized carbons (Fsp3) is 0.333. The van der Waals surface area contributed by atoms with E-state index in [0.717, 1.165) is 0 Å². The first-order chi connectivity index (χ1) is 9.42. The van der Waals surface area contributed by atoms with Crippen LogP contribution < -0.4 is 5.32 Å². The normalized spacial score (nSPS) is 12.6. The van der Waals surface area contributed by atoms with Crippen LogP contribution in [0.25, 0.3) is 0 Å². The Labute approximate surface area is 124 Å². The van der Waals surface area contributed by atoms with Crippen molar-refractivity contribution in [3.8, 4) is 0 Å². The molecule has 0 aliphatic carbocycles. The zero-order valence-corrected chi connectivity index (χ0v) is 12.2. The molecule has 1 heterocycles. The number of pyridine rings is 1. The van der Waals surface area contributed by atoms with Crippen LogP contribution >= 0.6 is 11.6 Å². The Kier molecular flexibility index (Phi) is 5.92. The highest BCUT2D eigenvalue weighted by molar-refractivity contribution is 6.29. The highest BCUT2D eigenvalue weighted by atomic mass is 35.5. The molecule has 1 aromatic heterocycles. The van der Waals surface area contributed by atoms with Crippen LogP contribution in [0.3, 0.4) is 0 Å². The van der Waals surface area contributed by atoms with E-state index in [0.29, 0.717) is 18.4 Å². The van der Waals surface area contributed by atoms with Gasteiger partial charge in [0.05, 0.1) is 11.6 Å². The van der Waals surface area contributed by atoms with Gasteiger partial charge in [0.1, 0.15) is 5.15 Å². The van der Waals surface area contributed by atoms with E-state index in [2.05, 4.69) is 23.5 Å². The average molecular weight is 295 g/mol. The maximum Gasteiger partial charge on any atom is 0.251 e. The van der Waals surface area contributed by atoms with E-state index in [1.54, 1.807) is 25.1 Å². The maximum atomic E-state index is 12.1. The van der Waals surface area contributed by atoms with Crippen LogP contribution in [0.1, 0.15) is 30.1 Å². The molecule has 5 heteroatoms. The molecule has 2 N–H and O–H groups in total. The van der Waals surface area contributed by atoms with E-state index in [-0.39, 0.29) is 11.1 Å². The van der Waals surface area contributed by atoms with E-state index >= 15 is 0 Å². The summed E-state index contributed by atoms with van der Waals surface area (Å²) in [6.45, 7) is 9.00. The zero-order valence-electron chi connectivity index (χ0n) is 11.5. The SMILES string of the molecule is C=CCC(O)(CC=C)C(C)NC(=O)c1ccnc(Cl)c1. The predicted octanol–water partition coefficient (Wildman–Crippen LogP) is 2.74. The molecule has 1 atom stereocenters. The molecule has 1 rings (SSSR count). The van der Waals surface area contributed by atoms with E-state index < -0.39 is 11.6 Å². The lowest BCUT2D eigenvalue weighted by molar-refractivity contribution is 0.0127. The van der Waals surface area contributed by atoms with Gasteiger partial charge in [0.25, 0.3) is 5.91 Å². The minimum atomic E-state index is -1.10. The Hall–Kier alpha value is -1.65.